The summed E-state index contributed by atoms with van der Waals surface area (Å²) in [5.74, 6) is -0.737. The van der Waals surface area contributed by atoms with Gasteiger partial charge in [-0.25, -0.2) is 18.0 Å². The van der Waals surface area contributed by atoms with Crippen LogP contribution in [0.3, 0.4) is 0 Å². The lowest BCUT2D eigenvalue weighted by atomic mass is 9.86. The maximum absolute atomic E-state index is 13.4. The number of hydrogen-bond donors (Lipinski definition) is 1. The normalized spacial score (nSPS) is 21.2. The second-order valence-corrected chi connectivity index (χ2v) is 9.86. The van der Waals surface area contributed by atoms with Gasteiger partial charge in [-0.1, -0.05) is 13.8 Å². The first-order valence-electron chi connectivity index (χ1n) is 8.72. The molecule has 1 aromatic carbocycles. The summed E-state index contributed by atoms with van der Waals surface area (Å²) in [5, 5.41) is 3.03. The van der Waals surface area contributed by atoms with Crippen LogP contribution >= 0.6 is 23.7 Å². The monoisotopic (exact) mass is 399 g/mol. The van der Waals surface area contributed by atoms with Crippen LogP contribution in [-0.4, -0.2) is 40.4 Å². The zero-order valence-corrected chi connectivity index (χ0v) is 16.5. The van der Waals surface area contributed by atoms with Gasteiger partial charge in [-0.15, -0.1) is 11.8 Å². The van der Waals surface area contributed by atoms with E-state index in [-0.39, 0.29) is 16.2 Å². The van der Waals surface area contributed by atoms with Gasteiger partial charge in [-0.2, -0.15) is 0 Å². The molecule has 2 aliphatic rings. The maximum Gasteiger partial charge on any atom is 0.318 e. The highest BCUT2D eigenvalue weighted by molar-refractivity contribution is 8.00. The molecule has 0 bridgehead atoms. The van der Waals surface area contributed by atoms with Crippen LogP contribution in [0.5, 0.6) is 0 Å². The Hall–Kier alpha value is -1.28. The summed E-state index contributed by atoms with van der Waals surface area (Å²) >= 11 is 2.89. The fourth-order valence-corrected chi connectivity index (χ4v) is 5.36. The van der Waals surface area contributed by atoms with Crippen LogP contribution in [-0.2, 0) is 0 Å². The summed E-state index contributed by atoms with van der Waals surface area (Å²) in [7, 11) is 0. The number of rotatable bonds is 4. The van der Waals surface area contributed by atoms with Crippen LogP contribution in [0.25, 0.3) is 0 Å². The smallest absolute Gasteiger partial charge is 0.318 e. The van der Waals surface area contributed by atoms with Crippen molar-refractivity contribution in [2.45, 2.75) is 48.1 Å². The van der Waals surface area contributed by atoms with Crippen molar-refractivity contribution in [1.29, 1.82) is 0 Å². The molecule has 142 valence electrons. The highest BCUT2D eigenvalue weighted by atomic mass is 32.2. The molecule has 1 saturated heterocycles. The average Bonchev–Trinajstić information content (AvgIpc) is 3.06. The minimum Gasteiger partial charge on any atom is -0.325 e. The molecule has 2 heterocycles. The number of carbonyl (C=O) groups is 1. The lowest BCUT2D eigenvalue weighted by Gasteiger charge is -2.40. The van der Waals surface area contributed by atoms with E-state index in [0.29, 0.717) is 23.9 Å². The third-order valence-electron chi connectivity index (χ3n) is 4.85. The molecule has 1 unspecified atom stereocenters. The van der Waals surface area contributed by atoms with E-state index in [1.54, 1.807) is 0 Å². The van der Waals surface area contributed by atoms with Crippen molar-refractivity contribution in [2.24, 2.45) is 10.3 Å². The molecule has 1 atom stereocenters. The molecule has 0 aliphatic carbocycles. The predicted molar refractivity (Wildman–Crippen MR) is 104 cm³/mol. The van der Waals surface area contributed by atoms with Crippen LogP contribution in [0.4, 0.5) is 13.6 Å². The summed E-state index contributed by atoms with van der Waals surface area (Å²) in [6.45, 7) is 5.59. The molecule has 2 aliphatic heterocycles. The molecule has 0 saturated carbocycles. The number of likely N-dealkylation sites (tertiary alicyclic amines) is 1. The second kappa shape index (κ2) is 8.17. The SMILES string of the molecule is CC(C)(Sc1cc(F)cc(F)c1)C1CCN(C(=O)NC2CC=NS2)CC1. The Kier molecular flexibility index (Phi) is 6.12. The molecule has 1 N–H and O–H groups in total. The molecular formula is C18H23F2N3OS2. The topological polar surface area (TPSA) is 44.7 Å². The Morgan fingerprint density at radius 1 is 1.27 bits per heavy atom. The van der Waals surface area contributed by atoms with Crippen molar-refractivity contribution in [3.63, 3.8) is 0 Å². The Bertz CT molecular complexity index is 663. The minimum atomic E-state index is -0.552. The van der Waals surface area contributed by atoms with Gasteiger partial charge in [0.25, 0.3) is 0 Å². The molecule has 2 amide bonds. The van der Waals surface area contributed by atoms with Crippen molar-refractivity contribution < 1.29 is 13.6 Å². The van der Waals surface area contributed by atoms with Gasteiger partial charge in [-0.3, -0.25) is 0 Å². The molecule has 8 heteroatoms. The van der Waals surface area contributed by atoms with Gasteiger partial charge in [0.15, 0.2) is 0 Å². The molecule has 3 rings (SSSR count). The zero-order chi connectivity index (χ0) is 18.7. The van der Waals surface area contributed by atoms with Crippen molar-refractivity contribution in [3.05, 3.63) is 29.8 Å². The molecule has 0 aromatic heterocycles. The van der Waals surface area contributed by atoms with Gasteiger partial charge in [0, 0.05) is 41.4 Å². The Morgan fingerprint density at radius 2 is 1.92 bits per heavy atom. The lowest BCUT2D eigenvalue weighted by molar-refractivity contribution is 0.162. The molecule has 0 spiro atoms. The van der Waals surface area contributed by atoms with E-state index in [1.807, 2.05) is 11.1 Å². The van der Waals surface area contributed by atoms with Crippen LogP contribution in [0.15, 0.2) is 27.5 Å². The van der Waals surface area contributed by atoms with Gasteiger partial charge in [0.2, 0.25) is 0 Å². The first kappa shape index (κ1) is 19.5. The Balaban J connectivity index is 1.53. The van der Waals surface area contributed by atoms with Crippen LogP contribution in [0.1, 0.15) is 33.1 Å². The fourth-order valence-electron chi connectivity index (χ4n) is 3.36. The number of carbonyl (C=O) groups excluding carboxylic acids is 1. The molecule has 1 aromatic rings. The molecular weight excluding hydrogens is 376 g/mol. The fraction of sp³-hybridized carbons (Fsp3) is 0.556. The Labute approximate surface area is 161 Å². The predicted octanol–water partition coefficient (Wildman–Crippen LogP) is 4.71. The lowest BCUT2D eigenvalue weighted by Crippen LogP contribution is -2.48. The van der Waals surface area contributed by atoms with Crippen molar-refractivity contribution in [3.8, 4) is 0 Å². The number of urea groups is 1. The highest BCUT2D eigenvalue weighted by Crippen LogP contribution is 2.42. The van der Waals surface area contributed by atoms with Crippen molar-refractivity contribution in [2.75, 3.05) is 13.1 Å². The number of benzene rings is 1. The number of amides is 2. The third-order valence-corrected chi connectivity index (χ3v) is 7.02. The first-order valence-corrected chi connectivity index (χ1v) is 10.4. The van der Waals surface area contributed by atoms with E-state index < -0.39 is 11.6 Å². The molecule has 26 heavy (non-hydrogen) atoms. The largest absolute Gasteiger partial charge is 0.325 e. The van der Waals surface area contributed by atoms with E-state index >= 15 is 0 Å². The van der Waals surface area contributed by atoms with Gasteiger partial charge in [-0.05, 0) is 42.8 Å². The van der Waals surface area contributed by atoms with E-state index in [2.05, 4.69) is 23.6 Å². The summed E-state index contributed by atoms with van der Waals surface area (Å²) < 4.78 is 30.8. The van der Waals surface area contributed by atoms with E-state index in [0.717, 1.165) is 25.3 Å². The van der Waals surface area contributed by atoms with Gasteiger partial charge >= 0.3 is 6.03 Å². The van der Waals surface area contributed by atoms with Gasteiger partial charge in [0.1, 0.15) is 17.0 Å². The standard InChI is InChI=1S/C18H23F2N3OS2/c1-18(2,25-15-10-13(19)9-14(20)11-15)12-4-7-23(8-5-12)17(24)22-16-3-6-21-26-16/h6,9-12,16H,3-5,7-8H2,1-2H3,(H,22,24). The summed E-state index contributed by atoms with van der Waals surface area (Å²) in [4.78, 5) is 14.8. The number of piperidine rings is 1. The average molecular weight is 400 g/mol. The zero-order valence-electron chi connectivity index (χ0n) is 14.9. The van der Waals surface area contributed by atoms with E-state index in [9.17, 15) is 13.6 Å². The molecule has 4 nitrogen and oxygen atoms in total. The van der Waals surface area contributed by atoms with Crippen molar-refractivity contribution >= 4 is 36.0 Å². The quantitative estimate of drug-likeness (QED) is 0.589. The van der Waals surface area contributed by atoms with E-state index in [1.165, 1.54) is 35.8 Å². The summed E-state index contributed by atoms with van der Waals surface area (Å²) in [6, 6.07) is 3.60. The molecule has 0 radical (unpaired) electrons. The van der Waals surface area contributed by atoms with E-state index in [4.69, 9.17) is 0 Å². The molecule has 1 fully saturated rings. The first-order chi connectivity index (χ1) is 12.3. The number of halogens is 2. The number of thioether (sulfide) groups is 1. The third kappa shape index (κ3) is 4.91. The highest BCUT2D eigenvalue weighted by Gasteiger charge is 2.35. The Morgan fingerprint density at radius 3 is 2.50 bits per heavy atom. The summed E-state index contributed by atoms with van der Waals surface area (Å²) in [5.41, 5.74) is 0. The number of hydrogen-bond acceptors (Lipinski definition) is 4. The number of nitrogens with zero attached hydrogens (tertiary/aromatic N) is 2. The van der Waals surface area contributed by atoms with Crippen LogP contribution in [0, 0.1) is 17.6 Å². The second-order valence-electron chi connectivity index (χ2n) is 7.14. The minimum absolute atomic E-state index is 0.0371. The van der Waals surface area contributed by atoms with Crippen molar-refractivity contribution in [1.82, 2.24) is 10.2 Å². The van der Waals surface area contributed by atoms with Gasteiger partial charge in [0.05, 0.1) is 0 Å². The number of nitrogens with one attached hydrogen (secondary N) is 1. The van der Waals surface area contributed by atoms with Gasteiger partial charge < -0.3 is 10.2 Å². The van der Waals surface area contributed by atoms with Crippen LogP contribution < -0.4 is 5.32 Å². The van der Waals surface area contributed by atoms with Crippen LogP contribution in [0.2, 0.25) is 0 Å². The summed E-state index contributed by atoms with van der Waals surface area (Å²) in [6.07, 6.45) is 4.33. The maximum atomic E-state index is 13.4.